The zero-order valence-corrected chi connectivity index (χ0v) is 14.3. The lowest BCUT2D eigenvalue weighted by Crippen LogP contribution is -2.40. The molecule has 2 aromatic rings. The molecule has 0 N–H and O–H groups in total. The molecule has 0 spiro atoms. The third kappa shape index (κ3) is 2.64. The number of fused-ring (bicyclic) bond motifs is 1. The molecular weight excluding hydrogens is 346 g/mol. The zero-order valence-electron chi connectivity index (χ0n) is 11.8. The van der Waals surface area contributed by atoms with Crippen LogP contribution in [0.4, 0.5) is 0 Å². The van der Waals surface area contributed by atoms with Crippen molar-refractivity contribution in [2.45, 2.75) is 24.3 Å². The molecule has 1 aromatic carbocycles. The van der Waals surface area contributed by atoms with Crippen molar-refractivity contribution in [1.82, 2.24) is 13.1 Å². The Balaban J connectivity index is 2.06. The van der Waals surface area contributed by atoms with Gasteiger partial charge in [-0.1, -0.05) is 13.0 Å². The average Bonchev–Trinajstić information content (AvgIpc) is 3.05. The summed E-state index contributed by atoms with van der Waals surface area (Å²) in [6, 6.07) is 4.30. The monoisotopic (exact) mass is 361 g/mol. The Hall–Kier alpha value is -1.10. The van der Waals surface area contributed by atoms with E-state index in [1.165, 1.54) is 10.4 Å². The van der Waals surface area contributed by atoms with Crippen LogP contribution in [0.5, 0.6) is 0 Å². The standard InChI is InChI=1S/C12H15N3O4S3/c1-2-15(9-6-7-21(16,17)8-9)22(18,19)11-5-3-4-10-12(11)14-20-13-10/h3-5,9H,2,6-8H2,1H3. The first kappa shape index (κ1) is 15.8. The summed E-state index contributed by atoms with van der Waals surface area (Å²) >= 11 is 0.956. The summed E-state index contributed by atoms with van der Waals surface area (Å²) in [5.41, 5.74) is 0.868. The van der Waals surface area contributed by atoms with E-state index >= 15 is 0 Å². The van der Waals surface area contributed by atoms with Crippen molar-refractivity contribution in [3.63, 3.8) is 0 Å². The molecule has 1 atom stereocenters. The predicted molar refractivity (Wildman–Crippen MR) is 84.0 cm³/mol. The van der Waals surface area contributed by atoms with Gasteiger partial charge in [-0.25, -0.2) is 16.8 Å². The lowest BCUT2D eigenvalue weighted by atomic mass is 10.3. The molecule has 3 rings (SSSR count). The second kappa shape index (κ2) is 5.52. The number of benzene rings is 1. The lowest BCUT2D eigenvalue weighted by Gasteiger charge is -2.25. The van der Waals surface area contributed by atoms with Crippen molar-refractivity contribution in [2.75, 3.05) is 18.1 Å². The molecule has 10 heteroatoms. The van der Waals surface area contributed by atoms with Crippen LogP contribution in [0.1, 0.15) is 13.3 Å². The molecule has 1 aromatic heterocycles. The first-order valence-electron chi connectivity index (χ1n) is 6.79. The van der Waals surface area contributed by atoms with Gasteiger partial charge in [-0.3, -0.25) is 0 Å². The highest BCUT2D eigenvalue weighted by Crippen LogP contribution is 2.28. The molecule has 0 saturated carbocycles. The second-order valence-corrected chi connectivity index (χ2v) is 9.77. The Morgan fingerprint density at radius 3 is 2.77 bits per heavy atom. The molecule has 1 aliphatic rings. The molecule has 1 aliphatic heterocycles. The van der Waals surface area contributed by atoms with Gasteiger partial charge >= 0.3 is 0 Å². The van der Waals surface area contributed by atoms with Crippen LogP contribution < -0.4 is 0 Å². The van der Waals surface area contributed by atoms with E-state index in [1.54, 1.807) is 19.1 Å². The van der Waals surface area contributed by atoms with Gasteiger partial charge in [0.25, 0.3) is 0 Å². The van der Waals surface area contributed by atoms with E-state index in [0.717, 1.165) is 11.7 Å². The Bertz CT molecular complexity index is 905. The molecule has 22 heavy (non-hydrogen) atoms. The molecule has 0 aliphatic carbocycles. The molecule has 120 valence electrons. The summed E-state index contributed by atoms with van der Waals surface area (Å²) in [6.07, 6.45) is 0.334. The zero-order chi connectivity index (χ0) is 16.0. The normalized spacial score (nSPS) is 21.6. The first-order chi connectivity index (χ1) is 10.3. The Morgan fingerprint density at radius 2 is 2.14 bits per heavy atom. The van der Waals surface area contributed by atoms with Crippen molar-refractivity contribution < 1.29 is 16.8 Å². The van der Waals surface area contributed by atoms with E-state index in [0.29, 0.717) is 17.5 Å². The lowest BCUT2D eigenvalue weighted by molar-refractivity contribution is 0.355. The molecule has 7 nitrogen and oxygen atoms in total. The first-order valence-corrected chi connectivity index (χ1v) is 10.8. The number of hydrogen-bond donors (Lipinski definition) is 0. The highest BCUT2D eigenvalue weighted by atomic mass is 32.2. The molecule has 1 saturated heterocycles. The van der Waals surface area contributed by atoms with Crippen LogP contribution in [0, 0.1) is 0 Å². The minimum Gasteiger partial charge on any atom is -0.229 e. The van der Waals surface area contributed by atoms with Gasteiger partial charge in [0.05, 0.1) is 23.2 Å². The maximum Gasteiger partial charge on any atom is 0.245 e. The number of nitrogens with zero attached hydrogens (tertiary/aromatic N) is 3. The van der Waals surface area contributed by atoms with Gasteiger partial charge in [-0.2, -0.15) is 13.1 Å². The van der Waals surface area contributed by atoms with Crippen LogP contribution >= 0.6 is 11.7 Å². The summed E-state index contributed by atoms with van der Waals surface area (Å²) in [5.74, 6) is -0.0858. The Kier molecular flexibility index (Phi) is 3.96. The highest BCUT2D eigenvalue weighted by Gasteiger charge is 2.38. The third-order valence-corrected chi connectivity index (χ3v) is 8.11. The fraction of sp³-hybridized carbons (Fsp3) is 0.500. The number of rotatable bonds is 4. The van der Waals surface area contributed by atoms with Crippen LogP contribution in [-0.4, -0.2) is 54.0 Å². The topological polar surface area (TPSA) is 97.3 Å². The van der Waals surface area contributed by atoms with E-state index < -0.39 is 25.9 Å². The van der Waals surface area contributed by atoms with Gasteiger partial charge in [-0.15, -0.1) is 0 Å². The molecule has 1 unspecified atom stereocenters. The van der Waals surface area contributed by atoms with Gasteiger partial charge in [-0.05, 0) is 18.6 Å². The highest BCUT2D eigenvalue weighted by molar-refractivity contribution is 7.92. The molecule has 0 bridgehead atoms. The van der Waals surface area contributed by atoms with Crippen LogP contribution in [0.25, 0.3) is 11.0 Å². The van der Waals surface area contributed by atoms with Gasteiger partial charge in [0.2, 0.25) is 10.0 Å². The number of aromatic nitrogens is 2. The minimum atomic E-state index is -3.81. The van der Waals surface area contributed by atoms with Crippen LogP contribution in [0.3, 0.4) is 0 Å². The third-order valence-electron chi connectivity index (χ3n) is 3.76. The van der Waals surface area contributed by atoms with E-state index in [4.69, 9.17) is 0 Å². The van der Waals surface area contributed by atoms with Gasteiger partial charge in [0, 0.05) is 12.6 Å². The second-order valence-electron chi connectivity index (χ2n) is 5.15. The summed E-state index contributed by atoms with van der Waals surface area (Å²) in [6.45, 7) is 1.93. The average molecular weight is 361 g/mol. The molecular formula is C12H15N3O4S3. The smallest absolute Gasteiger partial charge is 0.229 e. The summed E-state index contributed by atoms with van der Waals surface area (Å²) in [7, 11) is -6.96. The fourth-order valence-electron chi connectivity index (χ4n) is 2.74. The van der Waals surface area contributed by atoms with Crippen molar-refractivity contribution in [1.29, 1.82) is 0 Å². The van der Waals surface area contributed by atoms with Crippen molar-refractivity contribution in [3.8, 4) is 0 Å². The number of sulfone groups is 1. The van der Waals surface area contributed by atoms with E-state index in [2.05, 4.69) is 8.75 Å². The molecule has 2 heterocycles. The Morgan fingerprint density at radius 1 is 1.36 bits per heavy atom. The minimum absolute atomic E-state index is 0.0339. The predicted octanol–water partition coefficient (Wildman–Crippen LogP) is 0.889. The summed E-state index contributed by atoms with van der Waals surface area (Å²) in [4.78, 5) is 0.0879. The van der Waals surface area contributed by atoms with Crippen molar-refractivity contribution in [2.24, 2.45) is 0 Å². The van der Waals surface area contributed by atoms with E-state index in [9.17, 15) is 16.8 Å². The summed E-state index contributed by atoms with van der Waals surface area (Å²) < 4.78 is 58.6. The number of hydrogen-bond acceptors (Lipinski definition) is 7. The van der Waals surface area contributed by atoms with Gasteiger partial charge < -0.3 is 0 Å². The number of sulfonamides is 1. The van der Waals surface area contributed by atoms with Crippen LogP contribution in [0.15, 0.2) is 23.1 Å². The fourth-order valence-corrected chi connectivity index (χ4v) is 6.99. The molecule has 1 fully saturated rings. The van der Waals surface area contributed by atoms with E-state index in [1.807, 2.05) is 0 Å². The maximum absolute atomic E-state index is 12.9. The summed E-state index contributed by atoms with van der Waals surface area (Å²) in [5, 5.41) is 0. The van der Waals surface area contributed by atoms with Crippen LogP contribution in [-0.2, 0) is 19.9 Å². The molecule has 0 amide bonds. The van der Waals surface area contributed by atoms with E-state index in [-0.39, 0.29) is 22.9 Å². The van der Waals surface area contributed by atoms with Gasteiger partial charge in [0.15, 0.2) is 9.84 Å². The SMILES string of the molecule is CCN(C1CCS(=O)(=O)C1)S(=O)(=O)c1cccc2nsnc12. The largest absolute Gasteiger partial charge is 0.245 e. The Labute approximate surface area is 133 Å². The molecule has 0 radical (unpaired) electrons. The maximum atomic E-state index is 12.9. The van der Waals surface area contributed by atoms with Gasteiger partial charge in [0.1, 0.15) is 15.9 Å². The van der Waals surface area contributed by atoms with Crippen LogP contribution in [0.2, 0.25) is 0 Å². The van der Waals surface area contributed by atoms with Crippen molar-refractivity contribution in [3.05, 3.63) is 18.2 Å². The van der Waals surface area contributed by atoms with Crippen molar-refractivity contribution >= 4 is 42.6 Å². The quantitative estimate of drug-likeness (QED) is 0.802.